The van der Waals surface area contributed by atoms with Gasteiger partial charge in [0.25, 0.3) is 0 Å². The lowest BCUT2D eigenvalue weighted by atomic mass is 9.45. The molecule has 3 aromatic carbocycles. The summed E-state index contributed by atoms with van der Waals surface area (Å²) < 4.78 is 6.79. The number of piperidine rings is 1. The van der Waals surface area contributed by atoms with Gasteiger partial charge in [-0.05, 0) is 92.3 Å². The van der Waals surface area contributed by atoms with Gasteiger partial charge in [0.2, 0.25) is 5.91 Å². The number of carbonyl (C=O) groups is 1. The van der Waals surface area contributed by atoms with Gasteiger partial charge < -0.3 is 19.8 Å². The van der Waals surface area contributed by atoms with Crippen molar-refractivity contribution >= 4 is 5.91 Å². The SMILES string of the molecule is CCC1CC(N(C)C(=O)CCc2ccc(C)c(C)c2)C2Oc3c(O)ccc4c3[C@@]23CCN(CCc2ccccc2)[C@H](C4)[C@]13O. The fourth-order valence-electron chi connectivity index (χ4n) is 9.43. The molecule has 1 saturated carbocycles. The number of aliphatic hydroxyl groups is 1. The summed E-state index contributed by atoms with van der Waals surface area (Å²) in [5.41, 5.74) is 5.46. The van der Waals surface area contributed by atoms with Gasteiger partial charge >= 0.3 is 0 Å². The maximum absolute atomic E-state index is 13.8. The molecule has 0 radical (unpaired) electrons. The van der Waals surface area contributed by atoms with Crippen molar-refractivity contribution in [2.75, 3.05) is 20.1 Å². The second-order valence-corrected chi connectivity index (χ2v) is 13.9. The Morgan fingerprint density at radius 1 is 1.05 bits per heavy atom. The van der Waals surface area contributed by atoms with E-state index in [0.29, 0.717) is 25.0 Å². The highest BCUT2D eigenvalue weighted by Gasteiger charge is 2.75. The van der Waals surface area contributed by atoms with Crippen LogP contribution in [-0.4, -0.2) is 69.8 Å². The Balaban J connectivity index is 1.22. The normalized spacial score (nSPS) is 30.0. The Morgan fingerprint density at radius 3 is 2.59 bits per heavy atom. The van der Waals surface area contributed by atoms with E-state index in [-0.39, 0.29) is 29.7 Å². The molecule has 6 atom stereocenters. The third kappa shape index (κ3) is 4.24. The van der Waals surface area contributed by atoms with Crippen LogP contribution in [0.3, 0.4) is 0 Å². The molecule has 232 valence electrons. The average molecular weight is 595 g/mol. The molecule has 6 nitrogen and oxygen atoms in total. The molecular weight excluding hydrogens is 548 g/mol. The second kappa shape index (κ2) is 10.9. The molecule has 3 aromatic rings. The minimum atomic E-state index is -1.02. The van der Waals surface area contributed by atoms with Gasteiger partial charge in [0.15, 0.2) is 11.5 Å². The van der Waals surface area contributed by atoms with Gasteiger partial charge in [-0.2, -0.15) is 0 Å². The van der Waals surface area contributed by atoms with E-state index in [1.165, 1.54) is 27.8 Å². The zero-order chi connectivity index (χ0) is 30.8. The van der Waals surface area contributed by atoms with Crippen molar-refractivity contribution in [3.8, 4) is 11.5 Å². The Labute approximate surface area is 261 Å². The average Bonchev–Trinajstić information content (AvgIpc) is 3.38. The number of rotatable bonds is 8. The number of phenols is 1. The first-order chi connectivity index (χ1) is 21.2. The maximum atomic E-state index is 13.8. The molecule has 2 N–H and O–H groups in total. The molecule has 7 rings (SSSR count). The van der Waals surface area contributed by atoms with Gasteiger partial charge in [-0.3, -0.25) is 9.69 Å². The number of nitrogens with zero attached hydrogens (tertiary/aromatic N) is 2. The summed E-state index contributed by atoms with van der Waals surface area (Å²) in [7, 11) is 1.92. The Morgan fingerprint density at radius 2 is 1.84 bits per heavy atom. The topological polar surface area (TPSA) is 73.2 Å². The van der Waals surface area contributed by atoms with Crippen molar-refractivity contribution in [1.29, 1.82) is 0 Å². The highest BCUT2D eigenvalue weighted by atomic mass is 16.5. The van der Waals surface area contributed by atoms with E-state index < -0.39 is 17.1 Å². The minimum absolute atomic E-state index is 0.00618. The standard InChI is InChI=1S/C38H46N2O4/c1-5-29-23-30(39(4)33(42)16-13-27-12-11-24(2)25(3)21-27)36-37-18-20-40(19-17-26-9-7-6-8-10-26)32(38(29,37)43)22-28-14-15-31(41)35(44-36)34(28)37/h6-12,14-15,21,29-30,32,36,41,43H,5,13,16-20,22-23H2,1-4H3/t29?,30?,32-,36?,37+,38-/m1/s1. The second-order valence-electron chi connectivity index (χ2n) is 13.9. The molecule has 0 aromatic heterocycles. The largest absolute Gasteiger partial charge is 0.504 e. The smallest absolute Gasteiger partial charge is 0.223 e. The number of hydrogen-bond donors (Lipinski definition) is 2. The summed E-state index contributed by atoms with van der Waals surface area (Å²) in [6.45, 7) is 8.13. The van der Waals surface area contributed by atoms with Crippen LogP contribution < -0.4 is 4.74 Å². The van der Waals surface area contributed by atoms with Crippen LogP contribution in [-0.2, 0) is 29.5 Å². The predicted molar refractivity (Wildman–Crippen MR) is 172 cm³/mol. The summed E-state index contributed by atoms with van der Waals surface area (Å²) in [5.74, 6) is 0.755. The third-order valence-corrected chi connectivity index (χ3v) is 11.9. The Hall–Kier alpha value is -3.35. The molecule has 4 aliphatic rings. The molecule has 2 aliphatic carbocycles. The Bertz CT molecular complexity index is 1570. The first-order valence-corrected chi connectivity index (χ1v) is 16.5. The summed E-state index contributed by atoms with van der Waals surface area (Å²) in [6.07, 6.45) is 4.61. The summed E-state index contributed by atoms with van der Waals surface area (Å²) >= 11 is 0. The molecule has 44 heavy (non-hydrogen) atoms. The lowest BCUT2D eigenvalue weighted by Crippen LogP contribution is -2.81. The number of likely N-dealkylation sites (tertiary alicyclic amines) is 1. The van der Waals surface area contributed by atoms with Crippen molar-refractivity contribution in [3.05, 3.63) is 94.0 Å². The van der Waals surface area contributed by atoms with Crippen LogP contribution in [0.15, 0.2) is 60.7 Å². The van der Waals surface area contributed by atoms with Crippen molar-refractivity contribution in [1.82, 2.24) is 9.80 Å². The number of benzene rings is 3. The summed E-state index contributed by atoms with van der Waals surface area (Å²) in [4.78, 5) is 18.3. The Kier molecular flexibility index (Phi) is 7.29. The number of ether oxygens (including phenoxy) is 1. The van der Waals surface area contributed by atoms with Crippen molar-refractivity contribution < 1.29 is 19.7 Å². The van der Waals surface area contributed by atoms with Crippen molar-refractivity contribution in [3.63, 3.8) is 0 Å². The quantitative estimate of drug-likeness (QED) is 0.360. The zero-order valence-electron chi connectivity index (χ0n) is 26.6. The van der Waals surface area contributed by atoms with Crippen LogP contribution in [0.25, 0.3) is 0 Å². The number of likely N-dealkylation sites (N-methyl/N-ethyl adjacent to an activating group) is 1. The molecule has 2 heterocycles. The maximum Gasteiger partial charge on any atom is 0.223 e. The number of hydrogen-bond acceptors (Lipinski definition) is 5. The highest BCUT2D eigenvalue weighted by molar-refractivity contribution is 5.77. The lowest BCUT2D eigenvalue weighted by molar-refractivity contribution is -0.228. The molecular formula is C38H46N2O4. The van der Waals surface area contributed by atoms with Crippen LogP contribution in [0.4, 0.5) is 0 Å². The first kappa shape index (κ1) is 29.4. The van der Waals surface area contributed by atoms with Gasteiger partial charge in [0, 0.05) is 31.6 Å². The molecule has 6 heteroatoms. The molecule has 2 bridgehead atoms. The minimum Gasteiger partial charge on any atom is -0.504 e. The van der Waals surface area contributed by atoms with Crippen LogP contribution >= 0.6 is 0 Å². The zero-order valence-corrected chi connectivity index (χ0v) is 26.6. The highest BCUT2D eigenvalue weighted by Crippen LogP contribution is 2.67. The predicted octanol–water partition coefficient (Wildman–Crippen LogP) is 5.50. The number of carbonyl (C=O) groups excluding carboxylic acids is 1. The van der Waals surface area contributed by atoms with Crippen molar-refractivity contribution in [2.45, 2.75) is 94.9 Å². The molecule has 1 spiro atoms. The molecule has 1 saturated heterocycles. The van der Waals surface area contributed by atoms with Gasteiger partial charge in [-0.25, -0.2) is 0 Å². The van der Waals surface area contributed by atoms with Crippen LogP contribution in [0, 0.1) is 19.8 Å². The van der Waals surface area contributed by atoms with Crippen LogP contribution in [0.1, 0.15) is 66.0 Å². The molecule has 2 fully saturated rings. The van der Waals surface area contributed by atoms with E-state index in [1.807, 2.05) is 18.0 Å². The summed E-state index contributed by atoms with van der Waals surface area (Å²) in [6, 6.07) is 20.6. The van der Waals surface area contributed by atoms with E-state index in [9.17, 15) is 15.0 Å². The molecule has 1 amide bonds. The number of aromatic hydroxyl groups is 1. The van der Waals surface area contributed by atoms with Crippen LogP contribution in [0.5, 0.6) is 11.5 Å². The van der Waals surface area contributed by atoms with Gasteiger partial charge in [-0.15, -0.1) is 0 Å². The fourth-order valence-corrected chi connectivity index (χ4v) is 9.43. The lowest BCUT2D eigenvalue weighted by Gasteiger charge is -2.67. The van der Waals surface area contributed by atoms with Gasteiger partial charge in [0.05, 0.1) is 17.1 Å². The van der Waals surface area contributed by atoms with E-state index in [0.717, 1.165) is 44.3 Å². The first-order valence-electron chi connectivity index (χ1n) is 16.5. The monoisotopic (exact) mass is 594 g/mol. The van der Waals surface area contributed by atoms with E-state index >= 15 is 0 Å². The number of aryl methyl sites for hydroxylation is 3. The number of phenolic OH excluding ortho intramolecular Hbond substituents is 1. The number of amides is 1. The van der Waals surface area contributed by atoms with Gasteiger partial charge in [0.1, 0.15) is 6.10 Å². The summed E-state index contributed by atoms with van der Waals surface area (Å²) in [5, 5.41) is 24.3. The van der Waals surface area contributed by atoms with E-state index in [4.69, 9.17) is 4.74 Å². The van der Waals surface area contributed by atoms with Gasteiger partial charge in [-0.1, -0.05) is 67.9 Å². The van der Waals surface area contributed by atoms with Crippen LogP contribution in [0.2, 0.25) is 0 Å². The van der Waals surface area contributed by atoms with E-state index in [1.54, 1.807) is 6.07 Å². The molecule has 2 aliphatic heterocycles. The van der Waals surface area contributed by atoms with Crippen molar-refractivity contribution in [2.24, 2.45) is 5.92 Å². The third-order valence-electron chi connectivity index (χ3n) is 11.9. The molecule has 3 unspecified atom stereocenters. The fraction of sp³-hybridized carbons (Fsp3) is 0.500. The van der Waals surface area contributed by atoms with E-state index in [2.05, 4.69) is 74.2 Å².